The Hall–Kier alpha value is -2.28. The van der Waals surface area contributed by atoms with Gasteiger partial charge in [0.05, 0.1) is 32.5 Å². The molecular formula is C13H13NO5S. The van der Waals surface area contributed by atoms with Crippen LogP contribution in [0.25, 0.3) is 11.3 Å². The van der Waals surface area contributed by atoms with Crippen molar-refractivity contribution in [1.29, 1.82) is 0 Å². The highest BCUT2D eigenvalue weighted by atomic mass is 32.1. The van der Waals surface area contributed by atoms with Crippen molar-refractivity contribution >= 4 is 17.3 Å². The molecule has 1 heterocycles. The molecule has 0 unspecified atom stereocenters. The summed E-state index contributed by atoms with van der Waals surface area (Å²) in [4.78, 5) is 15.4. The van der Waals surface area contributed by atoms with Gasteiger partial charge in [0.15, 0.2) is 11.5 Å². The van der Waals surface area contributed by atoms with Crippen molar-refractivity contribution in [2.24, 2.45) is 0 Å². The smallest absolute Gasteiger partial charge is 0.348 e. The van der Waals surface area contributed by atoms with Crippen LogP contribution in [0.15, 0.2) is 17.6 Å². The van der Waals surface area contributed by atoms with Gasteiger partial charge in [-0.05, 0) is 12.1 Å². The van der Waals surface area contributed by atoms with Gasteiger partial charge in [-0.1, -0.05) is 0 Å². The van der Waals surface area contributed by atoms with E-state index >= 15 is 0 Å². The van der Waals surface area contributed by atoms with Crippen molar-refractivity contribution < 1.29 is 24.1 Å². The molecule has 0 aliphatic rings. The molecule has 0 amide bonds. The van der Waals surface area contributed by atoms with Crippen LogP contribution in [0.1, 0.15) is 9.67 Å². The molecule has 1 N–H and O–H groups in total. The molecule has 2 rings (SSSR count). The number of aromatic carboxylic acids is 1. The first-order valence-electron chi connectivity index (χ1n) is 5.59. The third kappa shape index (κ3) is 2.39. The zero-order chi connectivity index (χ0) is 14.7. The van der Waals surface area contributed by atoms with E-state index in [1.54, 1.807) is 12.1 Å². The number of rotatable bonds is 5. The number of hydrogen-bond donors (Lipinski definition) is 1. The second-order valence-electron chi connectivity index (χ2n) is 3.75. The molecule has 0 fully saturated rings. The Morgan fingerprint density at radius 2 is 1.75 bits per heavy atom. The van der Waals surface area contributed by atoms with E-state index in [-0.39, 0.29) is 4.88 Å². The van der Waals surface area contributed by atoms with E-state index in [0.29, 0.717) is 28.5 Å². The topological polar surface area (TPSA) is 77.9 Å². The monoisotopic (exact) mass is 295 g/mol. The van der Waals surface area contributed by atoms with Gasteiger partial charge < -0.3 is 19.3 Å². The van der Waals surface area contributed by atoms with E-state index in [1.807, 2.05) is 0 Å². The first kappa shape index (κ1) is 14.1. The summed E-state index contributed by atoms with van der Waals surface area (Å²) in [5, 5.41) is 9.15. The van der Waals surface area contributed by atoms with Crippen molar-refractivity contribution in [2.45, 2.75) is 0 Å². The van der Waals surface area contributed by atoms with Crippen molar-refractivity contribution in [2.75, 3.05) is 21.3 Å². The molecule has 0 aliphatic heterocycles. The molecule has 7 heteroatoms. The Balaban J connectivity index is 2.63. The summed E-state index contributed by atoms with van der Waals surface area (Å²) >= 11 is 1.07. The van der Waals surface area contributed by atoms with Gasteiger partial charge in [0.25, 0.3) is 0 Å². The molecule has 0 saturated heterocycles. The first-order chi connectivity index (χ1) is 9.62. The van der Waals surface area contributed by atoms with Gasteiger partial charge >= 0.3 is 5.97 Å². The molecule has 1 aromatic carbocycles. The van der Waals surface area contributed by atoms with Crippen LogP contribution in [0.4, 0.5) is 0 Å². The Morgan fingerprint density at radius 1 is 1.15 bits per heavy atom. The van der Waals surface area contributed by atoms with E-state index in [2.05, 4.69) is 4.98 Å². The van der Waals surface area contributed by atoms with Gasteiger partial charge in [-0.15, -0.1) is 11.3 Å². The second kappa shape index (κ2) is 5.79. The van der Waals surface area contributed by atoms with Gasteiger partial charge in [0.2, 0.25) is 5.75 Å². The lowest BCUT2D eigenvalue weighted by Crippen LogP contribution is -1.98. The van der Waals surface area contributed by atoms with Crippen molar-refractivity contribution in [3.05, 3.63) is 22.5 Å². The summed E-state index contributed by atoms with van der Waals surface area (Å²) in [5.74, 6) is 0.333. The molecule has 20 heavy (non-hydrogen) atoms. The first-order valence-corrected chi connectivity index (χ1v) is 6.47. The number of nitrogens with zero attached hydrogens (tertiary/aromatic N) is 1. The SMILES string of the molecule is COc1cc(-c2ncsc2C(=O)O)cc(OC)c1OC. The summed E-state index contributed by atoms with van der Waals surface area (Å²) in [6, 6.07) is 3.34. The average molecular weight is 295 g/mol. The number of thiazole rings is 1. The maximum atomic E-state index is 11.2. The Bertz CT molecular complexity index is 612. The number of ether oxygens (including phenoxy) is 3. The fourth-order valence-electron chi connectivity index (χ4n) is 1.82. The van der Waals surface area contributed by atoms with Crippen LogP contribution in [-0.4, -0.2) is 37.4 Å². The molecule has 2 aromatic rings. The minimum absolute atomic E-state index is 0.166. The number of benzene rings is 1. The van der Waals surface area contributed by atoms with Crippen molar-refractivity contribution in [1.82, 2.24) is 4.98 Å². The summed E-state index contributed by atoms with van der Waals surface area (Å²) in [5.41, 5.74) is 2.46. The molecule has 0 bridgehead atoms. The zero-order valence-corrected chi connectivity index (χ0v) is 12.0. The predicted molar refractivity (Wildman–Crippen MR) is 74.2 cm³/mol. The Morgan fingerprint density at radius 3 is 2.20 bits per heavy atom. The third-order valence-electron chi connectivity index (χ3n) is 2.70. The van der Waals surface area contributed by atoms with E-state index in [4.69, 9.17) is 19.3 Å². The minimum atomic E-state index is -1.02. The van der Waals surface area contributed by atoms with Crippen molar-refractivity contribution in [3.8, 4) is 28.5 Å². The van der Waals surface area contributed by atoms with Gasteiger partial charge in [-0.25, -0.2) is 9.78 Å². The third-order valence-corrected chi connectivity index (χ3v) is 3.51. The maximum Gasteiger partial charge on any atom is 0.348 e. The van der Waals surface area contributed by atoms with Crippen LogP contribution in [-0.2, 0) is 0 Å². The summed E-state index contributed by atoms with van der Waals surface area (Å²) in [7, 11) is 4.51. The molecule has 0 spiro atoms. The number of hydrogen-bond acceptors (Lipinski definition) is 6. The van der Waals surface area contributed by atoms with E-state index in [9.17, 15) is 4.79 Å². The highest BCUT2D eigenvalue weighted by Gasteiger charge is 2.20. The molecule has 106 valence electrons. The van der Waals surface area contributed by atoms with Gasteiger partial charge in [-0.3, -0.25) is 0 Å². The van der Waals surface area contributed by atoms with E-state index in [0.717, 1.165) is 11.3 Å². The molecule has 0 aliphatic carbocycles. The highest BCUT2D eigenvalue weighted by Crippen LogP contribution is 2.41. The van der Waals surface area contributed by atoms with E-state index in [1.165, 1.54) is 26.8 Å². The highest BCUT2D eigenvalue weighted by molar-refractivity contribution is 7.12. The Kier molecular flexibility index (Phi) is 4.09. The summed E-state index contributed by atoms with van der Waals surface area (Å²) in [6.07, 6.45) is 0. The van der Waals surface area contributed by atoms with Gasteiger partial charge in [-0.2, -0.15) is 0 Å². The van der Waals surface area contributed by atoms with Gasteiger partial charge in [0, 0.05) is 5.56 Å². The fraction of sp³-hybridized carbons (Fsp3) is 0.231. The van der Waals surface area contributed by atoms with Crippen LogP contribution < -0.4 is 14.2 Å². The summed E-state index contributed by atoms with van der Waals surface area (Å²) < 4.78 is 15.7. The van der Waals surface area contributed by atoms with Crippen molar-refractivity contribution in [3.63, 3.8) is 0 Å². The minimum Gasteiger partial charge on any atom is -0.493 e. The second-order valence-corrected chi connectivity index (χ2v) is 4.60. The quantitative estimate of drug-likeness (QED) is 0.913. The molecular weight excluding hydrogens is 282 g/mol. The molecule has 1 aromatic heterocycles. The largest absolute Gasteiger partial charge is 0.493 e. The number of methoxy groups -OCH3 is 3. The molecule has 0 saturated carbocycles. The lowest BCUT2D eigenvalue weighted by atomic mass is 10.1. The molecule has 0 atom stereocenters. The number of carbonyl (C=O) groups is 1. The zero-order valence-electron chi connectivity index (χ0n) is 11.2. The maximum absolute atomic E-state index is 11.2. The van der Waals surface area contributed by atoms with E-state index < -0.39 is 5.97 Å². The van der Waals surface area contributed by atoms with Gasteiger partial charge in [0.1, 0.15) is 4.88 Å². The average Bonchev–Trinajstić information content (AvgIpc) is 2.95. The molecule has 6 nitrogen and oxygen atoms in total. The van der Waals surface area contributed by atoms with Crippen LogP contribution in [0, 0.1) is 0 Å². The van der Waals surface area contributed by atoms with Crippen LogP contribution in [0.3, 0.4) is 0 Å². The lowest BCUT2D eigenvalue weighted by Gasteiger charge is -2.13. The summed E-state index contributed by atoms with van der Waals surface area (Å²) in [6.45, 7) is 0. The Labute approximate surface area is 119 Å². The lowest BCUT2D eigenvalue weighted by molar-refractivity contribution is 0.0702. The fourth-order valence-corrected chi connectivity index (χ4v) is 2.47. The van der Waals surface area contributed by atoms with Crippen LogP contribution in [0.2, 0.25) is 0 Å². The standard InChI is InChI=1S/C13H13NO5S/c1-17-8-4-7(5-9(18-2)11(8)19-3)10-12(13(15)16)20-6-14-10/h4-6H,1-3H3,(H,15,16). The predicted octanol–water partition coefficient (Wildman–Crippen LogP) is 2.53. The van der Waals surface area contributed by atoms with Crippen LogP contribution in [0.5, 0.6) is 17.2 Å². The number of aromatic nitrogens is 1. The number of carboxylic acid groups (broad SMARTS) is 1. The normalized spacial score (nSPS) is 10.2. The molecule has 0 radical (unpaired) electrons. The number of carboxylic acids is 1. The van der Waals surface area contributed by atoms with Crippen LogP contribution >= 0.6 is 11.3 Å².